The zero-order valence-electron chi connectivity index (χ0n) is 23.0. The van der Waals surface area contributed by atoms with Gasteiger partial charge in [-0.25, -0.2) is 0 Å². The molecule has 0 saturated carbocycles. The Morgan fingerprint density at radius 1 is 0.395 bits per heavy atom. The molecule has 0 radical (unpaired) electrons. The summed E-state index contributed by atoms with van der Waals surface area (Å²) in [4.78, 5) is 3.70. The summed E-state index contributed by atoms with van der Waals surface area (Å²) in [6, 6.07) is 46.2. The lowest BCUT2D eigenvalue weighted by Crippen LogP contribution is -1.97. The van der Waals surface area contributed by atoms with Crippen LogP contribution in [0, 0.1) is 0 Å². The van der Waals surface area contributed by atoms with Crippen LogP contribution in [0.4, 0.5) is 0 Å². The average molecular weight is 547 g/mol. The molecule has 1 N–H and O–H groups in total. The zero-order chi connectivity index (χ0) is 27.8. The van der Waals surface area contributed by atoms with E-state index in [9.17, 15) is 0 Å². The van der Waals surface area contributed by atoms with Crippen LogP contribution in [0.2, 0.25) is 0 Å². The van der Waals surface area contributed by atoms with Crippen LogP contribution >= 0.6 is 0 Å². The topological polar surface area (TPSA) is 33.9 Å². The van der Waals surface area contributed by atoms with Gasteiger partial charge in [0.15, 0.2) is 0 Å². The first-order valence-electron chi connectivity index (χ1n) is 14.8. The van der Waals surface area contributed by atoms with E-state index in [1.807, 2.05) is 6.07 Å². The highest BCUT2D eigenvalue weighted by molar-refractivity contribution is 6.31. The van der Waals surface area contributed by atoms with Crippen LogP contribution in [0.3, 0.4) is 0 Å². The van der Waals surface area contributed by atoms with E-state index in [4.69, 9.17) is 4.42 Å². The highest BCUT2D eigenvalue weighted by Gasteiger charge is 2.26. The first-order chi connectivity index (χ1) is 21.3. The highest BCUT2D eigenvalue weighted by atomic mass is 16.3. The molecule has 0 aliphatic heterocycles. The van der Waals surface area contributed by atoms with E-state index in [1.54, 1.807) is 0 Å². The van der Waals surface area contributed by atoms with Crippen molar-refractivity contribution < 1.29 is 4.42 Å². The van der Waals surface area contributed by atoms with Gasteiger partial charge >= 0.3 is 0 Å². The van der Waals surface area contributed by atoms with E-state index in [-0.39, 0.29) is 0 Å². The third kappa shape index (κ3) is 2.58. The molecule has 0 atom stereocenters. The van der Waals surface area contributed by atoms with Gasteiger partial charge < -0.3 is 14.0 Å². The first-order valence-corrected chi connectivity index (χ1v) is 14.8. The van der Waals surface area contributed by atoms with Gasteiger partial charge in [0.25, 0.3) is 0 Å². The van der Waals surface area contributed by atoms with E-state index >= 15 is 0 Å². The number of para-hydroxylation sites is 2. The number of hydrogen-bond acceptors (Lipinski definition) is 1. The Morgan fingerprint density at radius 3 is 1.95 bits per heavy atom. The Kier molecular flexibility index (Phi) is 3.83. The number of nitrogens with zero attached hydrogens (tertiary/aromatic N) is 1. The van der Waals surface area contributed by atoms with Gasteiger partial charge in [-0.15, -0.1) is 0 Å². The van der Waals surface area contributed by atoms with E-state index in [2.05, 4.69) is 131 Å². The second-order valence-corrected chi connectivity index (χ2v) is 11.7. The molecule has 1 aliphatic rings. The lowest BCUT2D eigenvalue weighted by Gasteiger charge is -2.14. The minimum absolute atomic E-state index is 0.909. The Balaban J connectivity index is 1.43. The summed E-state index contributed by atoms with van der Waals surface area (Å²) in [5.74, 6) is 0. The molecule has 11 rings (SSSR count). The molecule has 0 spiro atoms. The third-order valence-corrected chi connectivity index (χ3v) is 9.66. The molecule has 3 nitrogen and oxygen atoms in total. The minimum atomic E-state index is 0.909. The molecule has 10 aromatic rings. The summed E-state index contributed by atoms with van der Waals surface area (Å²) >= 11 is 0. The van der Waals surface area contributed by atoms with Gasteiger partial charge in [-0.05, 0) is 64.0 Å². The lowest BCUT2D eigenvalue weighted by molar-refractivity contribution is 0.669. The van der Waals surface area contributed by atoms with E-state index < -0.39 is 0 Å². The van der Waals surface area contributed by atoms with Crippen molar-refractivity contribution in [3.05, 3.63) is 127 Å². The number of benzene rings is 7. The van der Waals surface area contributed by atoms with Crippen molar-refractivity contribution in [1.29, 1.82) is 0 Å². The molecule has 0 amide bonds. The van der Waals surface area contributed by atoms with Crippen LogP contribution in [-0.2, 0) is 0 Å². The van der Waals surface area contributed by atoms with Crippen molar-refractivity contribution in [2.24, 2.45) is 0 Å². The number of furan rings is 1. The number of H-pyrrole nitrogens is 1. The van der Waals surface area contributed by atoms with Gasteiger partial charge in [-0.2, -0.15) is 0 Å². The Labute approximate surface area is 245 Å². The van der Waals surface area contributed by atoms with E-state index in [0.29, 0.717) is 0 Å². The molecular weight excluding hydrogens is 524 g/mol. The van der Waals surface area contributed by atoms with Crippen molar-refractivity contribution >= 4 is 76.3 Å². The fourth-order valence-electron chi connectivity index (χ4n) is 7.96. The summed E-state index contributed by atoms with van der Waals surface area (Å²) in [7, 11) is 0. The molecule has 0 fully saturated rings. The van der Waals surface area contributed by atoms with Crippen LogP contribution < -0.4 is 0 Å². The van der Waals surface area contributed by atoms with Gasteiger partial charge in [0.2, 0.25) is 0 Å². The maximum absolute atomic E-state index is 6.45. The fourth-order valence-corrected chi connectivity index (χ4v) is 7.96. The maximum atomic E-state index is 6.45. The zero-order valence-corrected chi connectivity index (χ0v) is 23.0. The molecule has 1 aliphatic carbocycles. The monoisotopic (exact) mass is 546 g/mol. The minimum Gasteiger partial charge on any atom is -0.456 e. The average Bonchev–Trinajstić information content (AvgIpc) is 3.80. The second-order valence-electron chi connectivity index (χ2n) is 11.7. The summed E-state index contributed by atoms with van der Waals surface area (Å²) in [6.07, 6.45) is 0. The largest absolute Gasteiger partial charge is 0.456 e. The molecule has 43 heavy (non-hydrogen) atoms. The Hall–Kier alpha value is -5.80. The van der Waals surface area contributed by atoms with Crippen LogP contribution in [0.1, 0.15) is 0 Å². The number of nitrogens with one attached hydrogen (secondary N) is 1. The molecule has 3 heterocycles. The van der Waals surface area contributed by atoms with Crippen molar-refractivity contribution in [3.63, 3.8) is 0 Å². The number of rotatable bonds is 1. The third-order valence-electron chi connectivity index (χ3n) is 9.66. The molecule has 0 unspecified atom stereocenters. The normalized spacial score (nSPS) is 12.7. The predicted octanol–water partition coefficient (Wildman–Crippen LogP) is 11.1. The van der Waals surface area contributed by atoms with Gasteiger partial charge in [-0.3, -0.25) is 0 Å². The van der Waals surface area contributed by atoms with E-state index in [0.717, 1.165) is 33.0 Å². The molecule has 7 aromatic carbocycles. The Bertz CT molecular complexity index is 2680. The standard InChI is InChI=1S/C40H22N2O/c1-2-9-23-22(8-1)24-12-7-13-29-33(20-17-25(23)36(24)29)42-39-26(16-19-32-37(39)28-10-3-5-14-31(28)41-32)27-18-21-35-38(40(27)42)30-11-4-6-15-34(30)43-35/h1-21,41H. The van der Waals surface area contributed by atoms with Gasteiger partial charge in [0, 0.05) is 43.4 Å². The predicted molar refractivity (Wildman–Crippen MR) is 179 cm³/mol. The first kappa shape index (κ1) is 21.9. The van der Waals surface area contributed by atoms with Crippen LogP contribution in [0.15, 0.2) is 132 Å². The summed E-state index contributed by atoms with van der Waals surface area (Å²) in [5, 5.41) is 9.83. The smallest absolute Gasteiger partial charge is 0.137 e. The molecule has 0 bridgehead atoms. The van der Waals surface area contributed by atoms with E-state index in [1.165, 1.54) is 71.3 Å². The number of hydrogen-bond donors (Lipinski definition) is 1. The summed E-state index contributed by atoms with van der Waals surface area (Å²) in [6.45, 7) is 0. The number of aromatic amines is 1. The molecule has 0 saturated heterocycles. The molecule has 3 heteroatoms. The van der Waals surface area contributed by atoms with Crippen LogP contribution in [0.25, 0.3) is 104 Å². The molecule has 198 valence electrons. The molecule has 3 aromatic heterocycles. The van der Waals surface area contributed by atoms with Crippen LogP contribution in [-0.4, -0.2) is 9.55 Å². The van der Waals surface area contributed by atoms with Gasteiger partial charge in [0.05, 0.1) is 22.1 Å². The van der Waals surface area contributed by atoms with Gasteiger partial charge in [-0.1, -0.05) is 91.0 Å². The van der Waals surface area contributed by atoms with Crippen molar-refractivity contribution in [1.82, 2.24) is 9.55 Å². The quantitative estimate of drug-likeness (QED) is 0.218. The molecular formula is C40H22N2O. The number of aromatic nitrogens is 2. The lowest BCUT2D eigenvalue weighted by atomic mass is 10.0. The van der Waals surface area contributed by atoms with Crippen molar-refractivity contribution in [3.8, 4) is 27.9 Å². The van der Waals surface area contributed by atoms with Crippen molar-refractivity contribution in [2.75, 3.05) is 0 Å². The fraction of sp³-hybridized carbons (Fsp3) is 0. The summed E-state index contributed by atoms with van der Waals surface area (Å²) < 4.78 is 8.98. The van der Waals surface area contributed by atoms with Crippen molar-refractivity contribution in [2.45, 2.75) is 0 Å². The summed E-state index contributed by atoms with van der Waals surface area (Å²) in [5.41, 5.74) is 12.9. The Morgan fingerprint density at radius 2 is 1.07 bits per heavy atom. The van der Waals surface area contributed by atoms with Crippen LogP contribution in [0.5, 0.6) is 0 Å². The van der Waals surface area contributed by atoms with Gasteiger partial charge in [0.1, 0.15) is 11.2 Å². The second kappa shape index (κ2) is 7.53. The number of fused-ring (bicyclic) bond motifs is 14. The SMILES string of the molecule is c1ccc2c(c1)-c1cccc3c(-n4c5c(ccc6[nH]c7ccccc7c65)c5ccc6oc7ccccc7c6c54)ccc-2c13. The maximum Gasteiger partial charge on any atom is 0.137 e. The highest BCUT2D eigenvalue weighted by Crippen LogP contribution is 2.50.